The summed E-state index contributed by atoms with van der Waals surface area (Å²) >= 11 is 0. The highest BCUT2D eigenvalue weighted by molar-refractivity contribution is 5.76. The van der Waals surface area contributed by atoms with Crippen LogP contribution in [0.5, 0.6) is 5.75 Å². The van der Waals surface area contributed by atoms with Crippen LogP contribution in [0, 0.1) is 11.3 Å². The van der Waals surface area contributed by atoms with Gasteiger partial charge in [0.25, 0.3) is 0 Å². The first kappa shape index (κ1) is 20.7. The second kappa shape index (κ2) is 9.97. The molecule has 0 spiro atoms. The second-order valence-electron chi connectivity index (χ2n) is 7.67. The topological polar surface area (TPSA) is 67.6 Å². The molecular weight excluding hydrogens is 362 g/mol. The van der Waals surface area contributed by atoms with Gasteiger partial charge in [-0.3, -0.25) is 4.79 Å². The van der Waals surface area contributed by atoms with E-state index in [1.54, 1.807) is 12.1 Å². The molecule has 1 N–H and O–H groups in total. The van der Waals surface area contributed by atoms with Gasteiger partial charge < -0.3 is 14.9 Å². The van der Waals surface area contributed by atoms with Gasteiger partial charge in [0.15, 0.2) is 0 Å². The number of aromatic hydroxyl groups is 1. The minimum absolute atomic E-state index is 0.00597. The van der Waals surface area contributed by atoms with Gasteiger partial charge >= 0.3 is 0 Å². The number of phenols is 1. The second-order valence-corrected chi connectivity index (χ2v) is 7.67. The van der Waals surface area contributed by atoms with Crippen molar-refractivity contribution < 1.29 is 9.90 Å². The Bertz CT molecular complexity index is 860. The van der Waals surface area contributed by atoms with Crippen LogP contribution in [0.15, 0.2) is 48.5 Å². The first-order valence-corrected chi connectivity index (χ1v) is 10.4. The van der Waals surface area contributed by atoms with Crippen molar-refractivity contribution in [3.05, 3.63) is 59.7 Å². The Hall–Kier alpha value is -3.00. The largest absolute Gasteiger partial charge is 0.506 e. The van der Waals surface area contributed by atoms with Gasteiger partial charge in [-0.1, -0.05) is 50.1 Å². The number of benzene rings is 2. The molecule has 2 aromatic rings. The van der Waals surface area contributed by atoms with Crippen molar-refractivity contribution >= 4 is 11.6 Å². The van der Waals surface area contributed by atoms with Gasteiger partial charge in [-0.2, -0.15) is 5.26 Å². The zero-order chi connectivity index (χ0) is 20.6. The number of anilines is 1. The third-order valence-corrected chi connectivity index (χ3v) is 5.58. The lowest BCUT2D eigenvalue weighted by Crippen LogP contribution is -2.38. The van der Waals surface area contributed by atoms with Crippen LogP contribution in [-0.4, -0.2) is 35.0 Å². The van der Waals surface area contributed by atoms with Crippen LogP contribution in [0.25, 0.3) is 0 Å². The van der Waals surface area contributed by atoms with E-state index in [-0.39, 0.29) is 23.3 Å². The lowest BCUT2D eigenvalue weighted by atomic mass is 10.1. The van der Waals surface area contributed by atoms with Crippen molar-refractivity contribution in [2.45, 2.75) is 51.6 Å². The number of carbonyl (C=O) groups is 1. The van der Waals surface area contributed by atoms with E-state index in [2.05, 4.69) is 24.0 Å². The van der Waals surface area contributed by atoms with Crippen molar-refractivity contribution in [1.29, 1.82) is 5.26 Å². The van der Waals surface area contributed by atoms with Crippen LogP contribution < -0.4 is 4.90 Å². The molecule has 1 aliphatic rings. The predicted molar refractivity (Wildman–Crippen MR) is 115 cm³/mol. The number of phenolic OH excluding ortho intramolecular Hbond substituents is 1. The van der Waals surface area contributed by atoms with Crippen LogP contribution >= 0.6 is 0 Å². The van der Waals surface area contributed by atoms with E-state index < -0.39 is 0 Å². The van der Waals surface area contributed by atoms with E-state index in [1.165, 1.54) is 5.56 Å². The third-order valence-electron chi connectivity index (χ3n) is 5.58. The van der Waals surface area contributed by atoms with Gasteiger partial charge in [-0.25, -0.2) is 0 Å². The summed E-state index contributed by atoms with van der Waals surface area (Å²) < 4.78 is 0. The normalized spacial score (nSPS) is 15.9. The molecule has 0 aromatic heterocycles. The minimum Gasteiger partial charge on any atom is -0.506 e. The highest BCUT2D eigenvalue weighted by atomic mass is 16.3. The quantitative estimate of drug-likeness (QED) is 0.675. The summed E-state index contributed by atoms with van der Waals surface area (Å²) in [4.78, 5) is 16.8. The average molecular weight is 392 g/mol. The van der Waals surface area contributed by atoms with Crippen LogP contribution in [-0.2, 0) is 11.3 Å². The standard InChI is InChI=1S/C24H29N3O2/c1-2-3-5-10-24(29)26-14-13-22(18-26)27(17-19-8-6-4-7-9-19)21-12-11-20(16-25)23(28)15-21/h4,6-9,11-12,15,22,28H,2-3,5,10,13-14,17-18H2,1H3/t22-/m0/s1. The van der Waals surface area contributed by atoms with Crippen LogP contribution in [0.3, 0.4) is 0 Å². The maximum Gasteiger partial charge on any atom is 0.222 e. The SMILES string of the molecule is CCCCCC(=O)N1CC[C@H](N(Cc2ccccc2)c2ccc(C#N)c(O)c2)C1. The summed E-state index contributed by atoms with van der Waals surface area (Å²) in [5.41, 5.74) is 2.31. The Balaban J connectivity index is 1.78. The van der Waals surface area contributed by atoms with Gasteiger partial charge in [-0.15, -0.1) is 0 Å². The molecule has 0 saturated carbocycles. The van der Waals surface area contributed by atoms with Crippen LogP contribution in [0.1, 0.15) is 50.2 Å². The smallest absolute Gasteiger partial charge is 0.222 e. The lowest BCUT2D eigenvalue weighted by molar-refractivity contribution is -0.130. The van der Waals surface area contributed by atoms with Gasteiger partial charge in [0, 0.05) is 43.9 Å². The van der Waals surface area contributed by atoms with E-state index in [9.17, 15) is 9.90 Å². The minimum atomic E-state index is -0.00597. The first-order valence-electron chi connectivity index (χ1n) is 10.4. The molecule has 0 unspecified atom stereocenters. The van der Waals surface area contributed by atoms with Gasteiger partial charge in [0.05, 0.1) is 5.56 Å². The molecule has 1 heterocycles. The van der Waals surface area contributed by atoms with E-state index in [4.69, 9.17) is 5.26 Å². The van der Waals surface area contributed by atoms with Crippen molar-refractivity contribution in [2.75, 3.05) is 18.0 Å². The van der Waals surface area contributed by atoms with Gasteiger partial charge in [0.1, 0.15) is 11.8 Å². The number of unbranched alkanes of at least 4 members (excludes halogenated alkanes) is 2. The molecular formula is C24H29N3O2. The first-order chi connectivity index (χ1) is 14.1. The number of nitriles is 1. The lowest BCUT2D eigenvalue weighted by Gasteiger charge is -2.31. The molecule has 0 radical (unpaired) electrons. The molecule has 5 nitrogen and oxygen atoms in total. The molecule has 0 aliphatic carbocycles. The summed E-state index contributed by atoms with van der Waals surface area (Å²) in [6.45, 7) is 4.29. The van der Waals surface area contributed by atoms with E-state index in [0.29, 0.717) is 19.5 Å². The molecule has 1 saturated heterocycles. The number of hydrogen-bond donors (Lipinski definition) is 1. The average Bonchev–Trinajstić information content (AvgIpc) is 3.23. The molecule has 152 valence electrons. The summed E-state index contributed by atoms with van der Waals surface area (Å²) in [6, 6.07) is 17.6. The van der Waals surface area contributed by atoms with Crippen molar-refractivity contribution in [3.63, 3.8) is 0 Å². The Labute approximate surface area is 173 Å². The third kappa shape index (κ3) is 5.29. The molecule has 1 atom stereocenters. The molecule has 1 fully saturated rings. The fourth-order valence-electron chi connectivity index (χ4n) is 3.91. The number of nitrogens with zero attached hydrogens (tertiary/aromatic N) is 3. The molecule has 1 aliphatic heterocycles. The zero-order valence-electron chi connectivity index (χ0n) is 17.1. The molecule has 3 rings (SSSR count). The van der Waals surface area contributed by atoms with E-state index >= 15 is 0 Å². The zero-order valence-corrected chi connectivity index (χ0v) is 17.1. The number of rotatable bonds is 8. The van der Waals surface area contributed by atoms with Crippen LogP contribution in [0.4, 0.5) is 5.69 Å². The molecule has 29 heavy (non-hydrogen) atoms. The molecule has 2 aromatic carbocycles. The number of likely N-dealkylation sites (tertiary alicyclic amines) is 1. The molecule has 5 heteroatoms. The number of carbonyl (C=O) groups excluding carboxylic acids is 1. The van der Waals surface area contributed by atoms with E-state index in [0.717, 1.165) is 37.9 Å². The maximum atomic E-state index is 12.6. The Morgan fingerprint density at radius 2 is 2.03 bits per heavy atom. The van der Waals surface area contributed by atoms with E-state index in [1.807, 2.05) is 35.2 Å². The van der Waals surface area contributed by atoms with Crippen molar-refractivity contribution in [2.24, 2.45) is 0 Å². The Morgan fingerprint density at radius 3 is 2.72 bits per heavy atom. The molecule has 1 amide bonds. The predicted octanol–water partition coefficient (Wildman–Crippen LogP) is 4.45. The van der Waals surface area contributed by atoms with Gasteiger partial charge in [0.2, 0.25) is 5.91 Å². The summed E-state index contributed by atoms with van der Waals surface area (Å²) in [5, 5.41) is 19.3. The highest BCUT2D eigenvalue weighted by Gasteiger charge is 2.30. The summed E-state index contributed by atoms with van der Waals surface area (Å²) in [5.74, 6) is 0.233. The Kier molecular flexibility index (Phi) is 7.13. The van der Waals surface area contributed by atoms with Crippen molar-refractivity contribution in [1.82, 2.24) is 4.90 Å². The monoisotopic (exact) mass is 391 g/mol. The summed E-state index contributed by atoms with van der Waals surface area (Å²) in [7, 11) is 0. The van der Waals surface area contributed by atoms with Crippen molar-refractivity contribution in [3.8, 4) is 11.8 Å². The number of hydrogen-bond acceptors (Lipinski definition) is 4. The summed E-state index contributed by atoms with van der Waals surface area (Å²) in [6.07, 6.45) is 4.67. The van der Waals surface area contributed by atoms with Crippen LogP contribution in [0.2, 0.25) is 0 Å². The fourth-order valence-corrected chi connectivity index (χ4v) is 3.91. The fraction of sp³-hybridized carbons (Fsp3) is 0.417. The maximum absolute atomic E-state index is 12.6. The van der Waals surface area contributed by atoms with Gasteiger partial charge in [-0.05, 0) is 30.5 Å². The molecule has 0 bridgehead atoms. The highest BCUT2D eigenvalue weighted by Crippen LogP contribution is 2.30. The number of amides is 1. The Morgan fingerprint density at radius 1 is 1.24 bits per heavy atom.